The van der Waals surface area contributed by atoms with E-state index in [-0.39, 0.29) is 18.2 Å². The van der Waals surface area contributed by atoms with E-state index < -0.39 is 6.04 Å². The Morgan fingerprint density at radius 1 is 1.43 bits per heavy atom. The van der Waals surface area contributed by atoms with Gasteiger partial charge in [-0.15, -0.1) is 11.3 Å². The SMILES string of the molecule is COCCN(Cc1cccs1)C(=O)CC1C(=O)NCCN1Cc1ccc(C)o1. The maximum atomic E-state index is 13.0. The Kier molecular flexibility index (Phi) is 7.24. The molecule has 1 aliphatic heterocycles. The number of piperazine rings is 1. The normalized spacial score (nSPS) is 17.5. The van der Waals surface area contributed by atoms with Gasteiger partial charge >= 0.3 is 0 Å². The van der Waals surface area contributed by atoms with Gasteiger partial charge in [-0.05, 0) is 30.5 Å². The summed E-state index contributed by atoms with van der Waals surface area (Å²) in [4.78, 5) is 30.5. The van der Waals surface area contributed by atoms with Gasteiger partial charge < -0.3 is 19.4 Å². The lowest BCUT2D eigenvalue weighted by Crippen LogP contribution is -2.56. The molecule has 1 saturated heterocycles. The van der Waals surface area contributed by atoms with Gasteiger partial charge in [0.05, 0.1) is 32.2 Å². The molecule has 0 spiro atoms. The highest BCUT2D eigenvalue weighted by Crippen LogP contribution is 2.18. The number of hydrogen-bond acceptors (Lipinski definition) is 6. The zero-order valence-electron chi connectivity index (χ0n) is 16.3. The zero-order valence-corrected chi connectivity index (χ0v) is 17.2. The minimum Gasteiger partial charge on any atom is -0.465 e. The fraction of sp³-hybridized carbons (Fsp3) is 0.500. The Morgan fingerprint density at radius 2 is 2.29 bits per heavy atom. The molecule has 2 aromatic heterocycles. The lowest BCUT2D eigenvalue weighted by atomic mass is 10.1. The molecule has 1 atom stereocenters. The van der Waals surface area contributed by atoms with Gasteiger partial charge in [0.1, 0.15) is 11.5 Å². The van der Waals surface area contributed by atoms with E-state index in [4.69, 9.17) is 9.15 Å². The van der Waals surface area contributed by atoms with Crippen LogP contribution in [0.4, 0.5) is 0 Å². The van der Waals surface area contributed by atoms with Crippen LogP contribution in [0.15, 0.2) is 34.1 Å². The fourth-order valence-electron chi connectivity index (χ4n) is 3.32. The van der Waals surface area contributed by atoms with E-state index in [0.29, 0.717) is 39.3 Å². The van der Waals surface area contributed by atoms with Crippen LogP contribution in [0.1, 0.15) is 22.8 Å². The molecule has 152 valence electrons. The Balaban J connectivity index is 1.68. The summed E-state index contributed by atoms with van der Waals surface area (Å²) in [7, 11) is 1.62. The van der Waals surface area contributed by atoms with Crippen molar-refractivity contribution in [2.75, 3.05) is 33.4 Å². The van der Waals surface area contributed by atoms with Gasteiger partial charge in [0, 0.05) is 31.6 Å². The van der Waals surface area contributed by atoms with E-state index >= 15 is 0 Å². The third kappa shape index (κ3) is 5.43. The minimum absolute atomic E-state index is 0.0480. The van der Waals surface area contributed by atoms with E-state index in [0.717, 1.165) is 16.4 Å². The number of ether oxygens (including phenoxy) is 1. The zero-order chi connectivity index (χ0) is 19.9. The van der Waals surface area contributed by atoms with Gasteiger partial charge in [-0.2, -0.15) is 0 Å². The lowest BCUT2D eigenvalue weighted by Gasteiger charge is -2.35. The molecule has 1 fully saturated rings. The van der Waals surface area contributed by atoms with E-state index in [9.17, 15) is 9.59 Å². The molecule has 2 amide bonds. The smallest absolute Gasteiger partial charge is 0.237 e. The van der Waals surface area contributed by atoms with E-state index in [2.05, 4.69) is 5.32 Å². The van der Waals surface area contributed by atoms with Crippen LogP contribution in [-0.4, -0.2) is 61.0 Å². The second-order valence-corrected chi connectivity index (χ2v) is 7.91. The molecular weight excluding hydrogens is 378 g/mol. The maximum Gasteiger partial charge on any atom is 0.237 e. The molecule has 8 heteroatoms. The van der Waals surface area contributed by atoms with Gasteiger partial charge in [-0.1, -0.05) is 6.07 Å². The predicted octanol–water partition coefficient (Wildman–Crippen LogP) is 2.02. The second kappa shape index (κ2) is 9.86. The number of nitrogens with zero attached hydrogens (tertiary/aromatic N) is 2. The molecular formula is C20H27N3O4S. The van der Waals surface area contributed by atoms with Crippen molar-refractivity contribution in [2.24, 2.45) is 0 Å². The van der Waals surface area contributed by atoms with Crippen molar-refractivity contribution >= 4 is 23.2 Å². The first-order valence-electron chi connectivity index (χ1n) is 9.43. The molecule has 1 unspecified atom stereocenters. The first kappa shape index (κ1) is 20.6. The largest absolute Gasteiger partial charge is 0.465 e. The summed E-state index contributed by atoms with van der Waals surface area (Å²) in [6, 6.07) is 7.31. The molecule has 2 aromatic rings. The third-order valence-corrected chi connectivity index (χ3v) is 5.67. The summed E-state index contributed by atoms with van der Waals surface area (Å²) in [5.41, 5.74) is 0. The highest BCUT2D eigenvalue weighted by atomic mass is 32.1. The van der Waals surface area contributed by atoms with Crippen LogP contribution in [0.3, 0.4) is 0 Å². The molecule has 7 nitrogen and oxygen atoms in total. The lowest BCUT2D eigenvalue weighted by molar-refractivity contribution is -0.140. The maximum absolute atomic E-state index is 13.0. The van der Waals surface area contributed by atoms with Crippen molar-refractivity contribution in [3.05, 3.63) is 46.0 Å². The number of rotatable bonds is 9. The number of carbonyl (C=O) groups excluding carboxylic acids is 2. The van der Waals surface area contributed by atoms with Crippen molar-refractivity contribution < 1.29 is 18.7 Å². The van der Waals surface area contributed by atoms with Crippen molar-refractivity contribution in [3.63, 3.8) is 0 Å². The van der Waals surface area contributed by atoms with Crippen LogP contribution in [0, 0.1) is 6.92 Å². The van der Waals surface area contributed by atoms with Crippen LogP contribution < -0.4 is 5.32 Å². The Bertz CT molecular complexity index is 774. The molecule has 3 rings (SSSR count). The number of furan rings is 1. The van der Waals surface area contributed by atoms with Crippen molar-refractivity contribution in [2.45, 2.75) is 32.5 Å². The highest BCUT2D eigenvalue weighted by Gasteiger charge is 2.33. The van der Waals surface area contributed by atoms with E-state index in [1.165, 1.54) is 0 Å². The molecule has 0 aliphatic carbocycles. The molecule has 0 saturated carbocycles. The molecule has 1 aliphatic rings. The van der Waals surface area contributed by atoms with Crippen molar-refractivity contribution in [1.29, 1.82) is 0 Å². The summed E-state index contributed by atoms with van der Waals surface area (Å²) in [5.74, 6) is 1.49. The molecule has 1 N–H and O–H groups in total. The summed E-state index contributed by atoms with van der Waals surface area (Å²) in [6.07, 6.45) is 0.139. The number of amides is 2. The van der Waals surface area contributed by atoms with Crippen molar-refractivity contribution in [1.82, 2.24) is 15.1 Å². The van der Waals surface area contributed by atoms with Gasteiger partial charge in [0.2, 0.25) is 11.8 Å². The molecule has 0 aromatic carbocycles. The fourth-order valence-corrected chi connectivity index (χ4v) is 4.04. The van der Waals surface area contributed by atoms with Gasteiger partial charge in [0.25, 0.3) is 0 Å². The number of nitrogens with one attached hydrogen (secondary N) is 1. The van der Waals surface area contributed by atoms with Gasteiger partial charge in [0.15, 0.2) is 0 Å². The third-order valence-electron chi connectivity index (χ3n) is 4.81. The monoisotopic (exact) mass is 405 g/mol. The van der Waals surface area contributed by atoms with E-state index in [1.807, 2.05) is 41.5 Å². The Labute approximate surface area is 169 Å². The standard InChI is InChI=1S/C20H27N3O4S/c1-15-5-6-16(27-15)13-22-8-7-21-20(25)18(22)12-19(24)23(9-10-26-2)14-17-4-3-11-28-17/h3-6,11,18H,7-10,12-14H2,1-2H3,(H,21,25). The van der Waals surface area contributed by atoms with Gasteiger partial charge in [-0.25, -0.2) is 0 Å². The van der Waals surface area contributed by atoms with Gasteiger partial charge in [-0.3, -0.25) is 14.5 Å². The number of hydrogen-bond donors (Lipinski definition) is 1. The predicted molar refractivity (Wildman–Crippen MR) is 107 cm³/mol. The first-order chi connectivity index (χ1) is 13.6. The first-order valence-corrected chi connectivity index (χ1v) is 10.3. The Hall–Kier alpha value is -2.16. The summed E-state index contributed by atoms with van der Waals surface area (Å²) >= 11 is 1.62. The van der Waals surface area contributed by atoms with Crippen LogP contribution in [0.25, 0.3) is 0 Å². The van der Waals surface area contributed by atoms with Crippen LogP contribution in [0.5, 0.6) is 0 Å². The molecule has 28 heavy (non-hydrogen) atoms. The van der Waals surface area contributed by atoms with E-state index in [1.54, 1.807) is 23.3 Å². The number of thiophene rings is 1. The molecule has 3 heterocycles. The van der Waals surface area contributed by atoms with Crippen LogP contribution in [0.2, 0.25) is 0 Å². The topological polar surface area (TPSA) is 75.0 Å². The summed E-state index contributed by atoms with van der Waals surface area (Å²) < 4.78 is 10.8. The average Bonchev–Trinajstić information content (AvgIpc) is 3.33. The Morgan fingerprint density at radius 3 is 2.96 bits per heavy atom. The minimum atomic E-state index is -0.500. The van der Waals surface area contributed by atoms with Crippen LogP contribution >= 0.6 is 11.3 Å². The number of methoxy groups -OCH3 is 1. The summed E-state index contributed by atoms with van der Waals surface area (Å²) in [6.45, 7) is 5.17. The quantitative estimate of drug-likeness (QED) is 0.691. The average molecular weight is 406 g/mol. The number of carbonyl (C=O) groups is 2. The summed E-state index contributed by atoms with van der Waals surface area (Å²) in [5, 5.41) is 4.88. The second-order valence-electron chi connectivity index (χ2n) is 6.88. The van der Waals surface area contributed by atoms with Crippen molar-refractivity contribution in [3.8, 4) is 0 Å². The van der Waals surface area contributed by atoms with Crippen LogP contribution in [-0.2, 0) is 27.4 Å². The molecule has 0 radical (unpaired) electrons. The highest BCUT2D eigenvalue weighted by molar-refractivity contribution is 7.09. The number of aryl methyl sites for hydroxylation is 1. The molecule has 0 bridgehead atoms.